The van der Waals surface area contributed by atoms with Gasteiger partial charge in [0.25, 0.3) is 5.91 Å². The molecule has 0 aromatic carbocycles. The van der Waals surface area contributed by atoms with Crippen LogP contribution in [0.1, 0.15) is 30.4 Å². The molecule has 1 heterocycles. The van der Waals surface area contributed by atoms with E-state index in [2.05, 4.69) is 9.69 Å². The Morgan fingerprint density at radius 3 is 2.80 bits per heavy atom. The Morgan fingerprint density at radius 1 is 1.73 bits per heavy atom. The summed E-state index contributed by atoms with van der Waals surface area (Å²) in [5.74, 6) is -0.0119. The van der Waals surface area contributed by atoms with E-state index in [-0.39, 0.29) is 18.4 Å². The molecule has 2 N–H and O–H groups in total. The molecule has 1 atom stereocenters. The summed E-state index contributed by atoms with van der Waals surface area (Å²) in [5, 5.41) is 12.1. The number of amides is 1. The fraction of sp³-hybridized carbons (Fsp3) is 0.600. The van der Waals surface area contributed by atoms with E-state index in [1.807, 2.05) is 20.8 Å². The van der Waals surface area contributed by atoms with Crippen LogP contribution in [0.5, 0.6) is 0 Å². The summed E-state index contributed by atoms with van der Waals surface area (Å²) in [7, 11) is 0. The molecule has 1 unspecified atom stereocenters. The topological polar surface area (TPSA) is 62.2 Å². The molecule has 0 saturated carbocycles. The Balaban J connectivity index is 2.72. The van der Waals surface area contributed by atoms with Gasteiger partial charge in [0.2, 0.25) is 0 Å². The minimum atomic E-state index is -0.582. The lowest BCUT2D eigenvalue weighted by Crippen LogP contribution is -2.52. The SMILES string of the molecule is CC(C)C(C)(CO)NC(=O)c1ccns1. The van der Waals surface area contributed by atoms with Gasteiger partial charge >= 0.3 is 0 Å². The summed E-state index contributed by atoms with van der Waals surface area (Å²) < 4.78 is 3.86. The second-order valence-electron chi connectivity index (χ2n) is 4.06. The molecule has 1 aromatic heterocycles. The van der Waals surface area contributed by atoms with Gasteiger partial charge in [-0.3, -0.25) is 4.79 Å². The quantitative estimate of drug-likeness (QED) is 0.816. The summed E-state index contributed by atoms with van der Waals surface area (Å²) >= 11 is 1.15. The molecule has 0 bridgehead atoms. The highest BCUT2D eigenvalue weighted by Crippen LogP contribution is 2.17. The number of aliphatic hydroxyl groups excluding tert-OH is 1. The number of hydrogen-bond donors (Lipinski definition) is 2. The first-order chi connectivity index (χ1) is 6.99. The molecule has 5 heteroatoms. The molecule has 1 amide bonds. The van der Waals surface area contributed by atoms with E-state index >= 15 is 0 Å². The summed E-state index contributed by atoms with van der Waals surface area (Å²) in [6.45, 7) is 5.68. The first-order valence-electron chi connectivity index (χ1n) is 4.83. The van der Waals surface area contributed by atoms with Gasteiger partial charge in [0.05, 0.1) is 12.1 Å². The van der Waals surface area contributed by atoms with Crippen LogP contribution in [0.3, 0.4) is 0 Å². The highest BCUT2D eigenvalue weighted by Gasteiger charge is 2.29. The Morgan fingerprint density at radius 2 is 2.40 bits per heavy atom. The lowest BCUT2D eigenvalue weighted by Gasteiger charge is -2.32. The smallest absolute Gasteiger partial charge is 0.263 e. The van der Waals surface area contributed by atoms with Gasteiger partial charge < -0.3 is 10.4 Å². The van der Waals surface area contributed by atoms with Gasteiger partial charge in [-0.2, -0.15) is 0 Å². The predicted octanol–water partition coefficient (Wildman–Crippen LogP) is 1.28. The maximum atomic E-state index is 11.7. The van der Waals surface area contributed by atoms with Crippen LogP contribution in [0, 0.1) is 5.92 Å². The number of hydrogen-bond acceptors (Lipinski definition) is 4. The molecule has 0 radical (unpaired) electrons. The predicted molar refractivity (Wildman–Crippen MR) is 59.9 cm³/mol. The lowest BCUT2D eigenvalue weighted by atomic mass is 9.89. The van der Waals surface area contributed by atoms with Gasteiger partial charge in [-0.25, -0.2) is 4.37 Å². The molecule has 0 spiro atoms. The van der Waals surface area contributed by atoms with Crippen molar-refractivity contribution in [2.45, 2.75) is 26.3 Å². The van der Waals surface area contributed by atoms with Crippen molar-refractivity contribution in [1.29, 1.82) is 0 Å². The molecule has 84 valence electrons. The maximum Gasteiger partial charge on any atom is 0.263 e. The van der Waals surface area contributed by atoms with E-state index in [0.717, 1.165) is 11.5 Å². The summed E-state index contributed by atoms with van der Waals surface area (Å²) in [5.41, 5.74) is -0.582. The Bertz CT molecular complexity index is 324. The number of nitrogens with zero attached hydrogens (tertiary/aromatic N) is 1. The third-order valence-corrected chi connectivity index (χ3v) is 3.41. The highest BCUT2D eigenvalue weighted by molar-refractivity contribution is 7.08. The van der Waals surface area contributed by atoms with Gasteiger partial charge in [0.15, 0.2) is 0 Å². The van der Waals surface area contributed by atoms with Crippen molar-refractivity contribution >= 4 is 17.4 Å². The monoisotopic (exact) mass is 228 g/mol. The lowest BCUT2D eigenvalue weighted by molar-refractivity contribution is 0.0788. The molecular weight excluding hydrogens is 212 g/mol. The molecule has 15 heavy (non-hydrogen) atoms. The first-order valence-corrected chi connectivity index (χ1v) is 5.61. The minimum Gasteiger partial charge on any atom is -0.394 e. The molecule has 4 nitrogen and oxygen atoms in total. The number of nitrogens with one attached hydrogen (secondary N) is 1. The fourth-order valence-electron chi connectivity index (χ4n) is 1.02. The van der Waals surface area contributed by atoms with Crippen LogP contribution in [-0.4, -0.2) is 27.5 Å². The molecule has 0 aliphatic heterocycles. The Kier molecular flexibility index (Phi) is 3.82. The zero-order chi connectivity index (χ0) is 11.5. The van der Waals surface area contributed by atoms with Crippen LogP contribution in [0.2, 0.25) is 0 Å². The molecule has 0 aliphatic rings. The summed E-state index contributed by atoms with van der Waals surface area (Å²) in [6, 6.07) is 1.66. The third-order valence-electron chi connectivity index (χ3n) is 2.66. The second kappa shape index (κ2) is 4.72. The molecule has 0 fully saturated rings. The van der Waals surface area contributed by atoms with Gasteiger partial charge in [0, 0.05) is 6.20 Å². The van der Waals surface area contributed by atoms with E-state index < -0.39 is 5.54 Å². The van der Waals surface area contributed by atoms with Gasteiger partial charge in [-0.15, -0.1) is 0 Å². The van der Waals surface area contributed by atoms with E-state index in [0.29, 0.717) is 4.88 Å². The Hall–Kier alpha value is -0.940. The van der Waals surface area contributed by atoms with Crippen molar-refractivity contribution in [2.24, 2.45) is 5.92 Å². The van der Waals surface area contributed by atoms with E-state index in [1.165, 1.54) is 0 Å². The standard InChI is InChI=1S/C10H16N2O2S/c1-7(2)10(3,6-13)12-9(14)8-4-5-11-15-8/h4-5,7,13H,6H2,1-3H3,(H,12,14). The Labute approximate surface area is 93.5 Å². The zero-order valence-electron chi connectivity index (χ0n) is 9.15. The molecule has 0 saturated heterocycles. The van der Waals surface area contributed by atoms with E-state index in [1.54, 1.807) is 12.3 Å². The van der Waals surface area contributed by atoms with Gasteiger partial charge in [-0.1, -0.05) is 13.8 Å². The van der Waals surface area contributed by atoms with Crippen LogP contribution >= 0.6 is 11.5 Å². The normalized spacial score (nSPS) is 15.0. The van der Waals surface area contributed by atoms with E-state index in [9.17, 15) is 9.90 Å². The number of aromatic nitrogens is 1. The maximum absolute atomic E-state index is 11.7. The number of aliphatic hydroxyl groups is 1. The van der Waals surface area contributed by atoms with Crippen LogP contribution in [0.25, 0.3) is 0 Å². The number of rotatable bonds is 4. The average molecular weight is 228 g/mol. The van der Waals surface area contributed by atoms with Crippen LogP contribution in [-0.2, 0) is 0 Å². The largest absolute Gasteiger partial charge is 0.394 e. The van der Waals surface area contributed by atoms with Crippen LogP contribution < -0.4 is 5.32 Å². The summed E-state index contributed by atoms with van der Waals surface area (Å²) in [4.78, 5) is 12.3. The minimum absolute atomic E-state index is 0.0742. The second-order valence-corrected chi connectivity index (χ2v) is 4.89. The molecular formula is C10H16N2O2S. The van der Waals surface area contributed by atoms with E-state index in [4.69, 9.17) is 0 Å². The van der Waals surface area contributed by atoms with Crippen molar-refractivity contribution in [3.63, 3.8) is 0 Å². The van der Waals surface area contributed by atoms with Crippen molar-refractivity contribution in [3.8, 4) is 0 Å². The first kappa shape index (κ1) is 12.1. The van der Waals surface area contributed by atoms with Crippen LogP contribution in [0.15, 0.2) is 12.3 Å². The van der Waals surface area contributed by atoms with Gasteiger partial charge in [0.1, 0.15) is 4.88 Å². The molecule has 1 aromatic rings. The van der Waals surface area contributed by atoms with Crippen molar-refractivity contribution in [3.05, 3.63) is 17.1 Å². The third kappa shape index (κ3) is 2.76. The van der Waals surface area contributed by atoms with Crippen molar-refractivity contribution < 1.29 is 9.90 Å². The molecule has 1 rings (SSSR count). The van der Waals surface area contributed by atoms with Crippen molar-refractivity contribution in [2.75, 3.05) is 6.61 Å². The number of carbonyl (C=O) groups excluding carboxylic acids is 1. The zero-order valence-corrected chi connectivity index (χ0v) is 9.97. The van der Waals surface area contributed by atoms with Crippen molar-refractivity contribution in [1.82, 2.24) is 9.69 Å². The average Bonchev–Trinajstić information content (AvgIpc) is 2.70. The highest BCUT2D eigenvalue weighted by atomic mass is 32.1. The van der Waals surface area contributed by atoms with Gasteiger partial charge in [-0.05, 0) is 30.4 Å². The number of carbonyl (C=O) groups is 1. The van der Waals surface area contributed by atoms with Crippen LogP contribution in [0.4, 0.5) is 0 Å². The summed E-state index contributed by atoms with van der Waals surface area (Å²) in [6.07, 6.45) is 1.59. The fourth-order valence-corrected chi connectivity index (χ4v) is 1.51. The molecule has 0 aliphatic carbocycles.